The van der Waals surface area contributed by atoms with E-state index in [1.807, 2.05) is 21.2 Å². The van der Waals surface area contributed by atoms with E-state index in [0.29, 0.717) is 6.42 Å². The van der Waals surface area contributed by atoms with Crippen LogP contribution in [-0.4, -0.2) is 11.6 Å². The minimum atomic E-state index is -0.295. The van der Waals surface area contributed by atoms with Crippen molar-refractivity contribution in [2.45, 2.75) is 13.3 Å². The Balaban J connectivity index is 3.60. The summed E-state index contributed by atoms with van der Waals surface area (Å²) in [6.45, 7) is 1.78. The number of carbonyl (C=O) groups excluding carboxylic acids is 1. The highest BCUT2D eigenvalue weighted by Gasteiger charge is 2.03. The molecule has 52 valence electrons. The highest BCUT2D eigenvalue weighted by atomic mass is 127. The maximum Gasteiger partial charge on any atom is 0.275 e. The highest BCUT2D eigenvalue weighted by molar-refractivity contribution is 14.2. The lowest BCUT2D eigenvalue weighted by Crippen LogP contribution is -2.23. The third kappa shape index (κ3) is 3.74. The molecule has 0 unspecified atom stereocenters. The van der Waals surface area contributed by atoms with Crippen LogP contribution in [0.1, 0.15) is 13.3 Å². The van der Waals surface area contributed by atoms with Crippen LogP contribution >= 0.6 is 30.3 Å². The van der Waals surface area contributed by atoms with Crippen LogP contribution in [0.25, 0.3) is 0 Å². The molecule has 0 saturated carbocycles. The van der Waals surface area contributed by atoms with Crippen molar-refractivity contribution in [3.63, 3.8) is 0 Å². The average Bonchev–Trinajstić information content (AvgIpc) is 1.87. The Hall–Kier alpha value is 0.220. The number of halogens is 1. The molecule has 5 heteroatoms. The molecule has 0 atom stereocenters. The number of hydrogen-bond donors (Lipinski definition) is 2. The Morgan fingerprint density at radius 1 is 1.89 bits per heavy atom. The van der Waals surface area contributed by atoms with Crippen molar-refractivity contribution in [1.82, 2.24) is 4.72 Å². The fourth-order valence-corrected chi connectivity index (χ4v) is 1.05. The van der Waals surface area contributed by atoms with E-state index >= 15 is 0 Å². The van der Waals surface area contributed by atoms with Gasteiger partial charge in [-0.3, -0.25) is 14.9 Å². The summed E-state index contributed by atoms with van der Waals surface area (Å²) in [5, 5.41) is 7.02. The van der Waals surface area contributed by atoms with Gasteiger partial charge in [0.25, 0.3) is 5.91 Å². The maximum atomic E-state index is 10.6. The normalized spacial score (nSPS) is 8.67. The Morgan fingerprint density at radius 2 is 2.44 bits per heavy atom. The fourth-order valence-electron chi connectivity index (χ4n) is 0.257. The second kappa shape index (κ2) is 5.04. The molecular weight excluding hydrogens is 251 g/mol. The second-order valence-corrected chi connectivity index (χ2v) is 3.02. The molecule has 0 bridgehead atoms. The van der Waals surface area contributed by atoms with Gasteiger partial charge in [0, 0.05) is 30.3 Å². The predicted molar refractivity (Wildman–Crippen MR) is 47.8 cm³/mol. The smallest absolute Gasteiger partial charge is 0.275 e. The van der Waals surface area contributed by atoms with E-state index in [4.69, 9.17) is 5.41 Å². The lowest BCUT2D eigenvalue weighted by atomic mass is 10.3. The molecule has 0 heterocycles. The summed E-state index contributed by atoms with van der Waals surface area (Å²) in [6, 6.07) is 0. The van der Waals surface area contributed by atoms with Crippen molar-refractivity contribution in [3.8, 4) is 0 Å². The molecule has 9 heavy (non-hydrogen) atoms. The van der Waals surface area contributed by atoms with Gasteiger partial charge in [0.1, 0.15) is 0 Å². The van der Waals surface area contributed by atoms with Crippen LogP contribution in [0.4, 0.5) is 0 Å². The van der Waals surface area contributed by atoms with E-state index in [2.05, 4.69) is 4.72 Å². The van der Waals surface area contributed by atoms with Crippen LogP contribution in [0.3, 0.4) is 0 Å². The molecule has 2 N–H and O–H groups in total. The van der Waals surface area contributed by atoms with Crippen LogP contribution in [-0.2, 0) is 4.79 Å². The van der Waals surface area contributed by atoms with Gasteiger partial charge in [0.15, 0.2) is 0 Å². The number of carbonyl (C=O) groups is 1. The Bertz CT molecular complexity index is 128. The van der Waals surface area contributed by atoms with Crippen molar-refractivity contribution >= 4 is 41.9 Å². The van der Waals surface area contributed by atoms with Gasteiger partial charge in [0.05, 0.1) is 5.71 Å². The highest BCUT2D eigenvalue weighted by Crippen LogP contribution is 2.03. The zero-order valence-electron chi connectivity index (χ0n) is 4.90. The quantitative estimate of drug-likeness (QED) is 0.458. The summed E-state index contributed by atoms with van der Waals surface area (Å²) in [5.74, 6) is -0.295. The summed E-state index contributed by atoms with van der Waals surface area (Å²) in [6.07, 6.45) is 0.489. The number of rotatable bonds is 3. The first-order valence-corrected chi connectivity index (χ1v) is 5.73. The second-order valence-electron chi connectivity index (χ2n) is 1.34. The number of nitrogens with one attached hydrogen (secondary N) is 2. The first kappa shape index (κ1) is 9.22. The third-order valence-electron chi connectivity index (χ3n) is 0.759. The molecule has 0 radical (unpaired) electrons. The molecule has 0 spiro atoms. The molecule has 0 aliphatic rings. The van der Waals surface area contributed by atoms with Gasteiger partial charge in [0.2, 0.25) is 0 Å². The molecule has 0 aromatic carbocycles. The molecule has 0 aliphatic heterocycles. The van der Waals surface area contributed by atoms with Crippen LogP contribution in [0.15, 0.2) is 0 Å². The van der Waals surface area contributed by atoms with Crippen molar-refractivity contribution in [3.05, 3.63) is 0 Å². The molecule has 0 rings (SSSR count). The van der Waals surface area contributed by atoms with E-state index in [-0.39, 0.29) is 11.6 Å². The van der Waals surface area contributed by atoms with E-state index in [1.165, 1.54) is 9.12 Å². The fraction of sp³-hybridized carbons (Fsp3) is 0.500. The van der Waals surface area contributed by atoms with Crippen molar-refractivity contribution in [2.24, 2.45) is 0 Å². The first-order chi connectivity index (χ1) is 4.22. The predicted octanol–water partition coefficient (Wildman–Crippen LogP) is 1.53. The van der Waals surface area contributed by atoms with Crippen molar-refractivity contribution in [2.75, 3.05) is 0 Å². The lowest BCUT2D eigenvalue weighted by molar-refractivity contribution is -0.113. The van der Waals surface area contributed by atoms with E-state index in [1.54, 1.807) is 6.92 Å². The monoisotopic (exact) mass is 258 g/mol. The Morgan fingerprint density at radius 3 is 2.78 bits per heavy atom. The van der Waals surface area contributed by atoms with Crippen molar-refractivity contribution in [1.29, 1.82) is 5.41 Å². The van der Waals surface area contributed by atoms with Crippen LogP contribution in [0, 0.1) is 5.41 Å². The standard InChI is InChI=1S/C4H7IN2OS/c1-2-3(6)4(8)7-9-5/h6H,2H2,1H3,(H,7,8). The van der Waals surface area contributed by atoms with Gasteiger partial charge in [-0.1, -0.05) is 6.92 Å². The van der Waals surface area contributed by atoms with Gasteiger partial charge in [-0.05, 0) is 6.42 Å². The van der Waals surface area contributed by atoms with Gasteiger partial charge in [-0.15, -0.1) is 0 Å². The zero-order chi connectivity index (χ0) is 7.28. The number of amides is 1. The summed E-state index contributed by atoms with van der Waals surface area (Å²) < 4.78 is 2.44. The molecular formula is C4H7IN2OS. The molecule has 0 aromatic rings. The van der Waals surface area contributed by atoms with Gasteiger partial charge < -0.3 is 0 Å². The summed E-state index contributed by atoms with van der Waals surface area (Å²) in [5.41, 5.74) is 0.124. The molecule has 0 fully saturated rings. The summed E-state index contributed by atoms with van der Waals surface area (Å²) in [4.78, 5) is 10.6. The van der Waals surface area contributed by atoms with E-state index < -0.39 is 0 Å². The van der Waals surface area contributed by atoms with Crippen LogP contribution in [0.5, 0.6) is 0 Å². The maximum absolute atomic E-state index is 10.6. The Kier molecular flexibility index (Phi) is 5.16. The Labute approximate surface area is 70.2 Å². The minimum absolute atomic E-state index is 0.124. The van der Waals surface area contributed by atoms with Crippen molar-refractivity contribution < 1.29 is 4.79 Å². The topological polar surface area (TPSA) is 53.0 Å². The summed E-state index contributed by atoms with van der Waals surface area (Å²) >= 11 is 1.94. The van der Waals surface area contributed by atoms with E-state index in [9.17, 15) is 4.79 Å². The molecule has 0 saturated heterocycles. The molecule has 0 aliphatic carbocycles. The first-order valence-electron chi connectivity index (χ1n) is 2.37. The van der Waals surface area contributed by atoms with Gasteiger partial charge >= 0.3 is 0 Å². The molecule has 3 nitrogen and oxygen atoms in total. The van der Waals surface area contributed by atoms with Gasteiger partial charge in [-0.25, -0.2) is 0 Å². The number of hydrogen-bond acceptors (Lipinski definition) is 3. The zero-order valence-corrected chi connectivity index (χ0v) is 7.88. The van der Waals surface area contributed by atoms with Gasteiger partial charge in [-0.2, -0.15) is 0 Å². The minimum Gasteiger partial charge on any atom is -0.300 e. The lowest BCUT2D eigenvalue weighted by Gasteiger charge is -1.96. The van der Waals surface area contributed by atoms with Crippen LogP contribution < -0.4 is 4.72 Å². The third-order valence-corrected chi connectivity index (χ3v) is 1.68. The molecule has 0 aromatic heterocycles. The largest absolute Gasteiger partial charge is 0.300 e. The summed E-state index contributed by atoms with van der Waals surface area (Å²) in [7, 11) is 1.18. The average molecular weight is 258 g/mol. The van der Waals surface area contributed by atoms with Crippen LogP contribution in [0.2, 0.25) is 0 Å². The SMILES string of the molecule is CCC(=N)C(=O)NSI. The van der Waals surface area contributed by atoms with E-state index in [0.717, 1.165) is 0 Å². The molecule has 1 amide bonds.